The maximum absolute atomic E-state index is 11.8. The van der Waals surface area contributed by atoms with E-state index in [2.05, 4.69) is 23.5 Å². The van der Waals surface area contributed by atoms with Gasteiger partial charge in [0, 0.05) is 23.5 Å². The molecule has 5 rings (SSSR count). The summed E-state index contributed by atoms with van der Waals surface area (Å²) < 4.78 is 29.9. The van der Waals surface area contributed by atoms with Gasteiger partial charge in [0.1, 0.15) is 0 Å². The second-order valence-electron chi connectivity index (χ2n) is 9.42. The van der Waals surface area contributed by atoms with Gasteiger partial charge < -0.3 is 10.1 Å². The van der Waals surface area contributed by atoms with E-state index in [1.54, 1.807) is 0 Å². The smallest absolute Gasteiger partial charge is 0.218 e. The van der Waals surface area contributed by atoms with Gasteiger partial charge in [-0.3, -0.25) is 0 Å². The zero-order chi connectivity index (χ0) is 20.6. The third-order valence-electron chi connectivity index (χ3n) is 7.06. The normalized spacial score (nSPS) is 23.7. The number of aryl methyl sites for hydroxylation is 2. The lowest BCUT2D eigenvalue weighted by atomic mass is 9.90. The number of benzene rings is 1. The van der Waals surface area contributed by atoms with Crippen molar-refractivity contribution in [3.05, 3.63) is 34.9 Å². The number of nitrogens with one attached hydrogen (secondary N) is 1. The molecule has 1 saturated heterocycles. The standard InChI is InChI=1S/C24H32N2O3S/c27-30(28)10-9-22(16-30)25-14-21-12-20-11-18-7-4-8-19(18)13-23(20)26-24(21)29-15-17-5-2-1-3-6-17/h11-13,17,22,25H,1-10,14-16H2. The summed E-state index contributed by atoms with van der Waals surface area (Å²) in [5.41, 5.74) is 4.93. The lowest BCUT2D eigenvalue weighted by molar-refractivity contribution is 0.201. The molecule has 0 spiro atoms. The first-order chi connectivity index (χ1) is 14.6. The van der Waals surface area contributed by atoms with Crippen LogP contribution in [0.4, 0.5) is 0 Å². The number of hydrogen-bond acceptors (Lipinski definition) is 5. The lowest BCUT2D eigenvalue weighted by Crippen LogP contribution is -2.29. The second kappa shape index (κ2) is 8.46. The molecule has 2 heterocycles. The Morgan fingerprint density at radius 2 is 1.80 bits per heavy atom. The van der Waals surface area contributed by atoms with Crippen molar-refractivity contribution in [1.82, 2.24) is 10.3 Å². The van der Waals surface area contributed by atoms with Crippen LogP contribution >= 0.6 is 0 Å². The molecular weight excluding hydrogens is 396 g/mol. The van der Waals surface area contributed by atoms with Crippen molar-refractivity contribution in [3.8, 4) is 5.88 Å². The Hall–Kier alpha value is -1.66. The molecular formula is C24H32N2O3S. The molecule has 1 N–H and O–H groups in total. The zero-order valence-electron chi connectivity index (χ0n) is 17.7. The Balaban J connectivity index is 1.39. The van der Waals surface area contributed by atoms with E-state index < -0.39 is 9.84 Å². The maximum atomic E-state index is 11.8. The number of nitrogens with zero attached hydrogens (tertiary/aromatic N) is 1. The lowest BCUT2D eigenvalue weighted by Gasteiger charge is -2.22. The number of fused-ring (bicyclic) bond motifs is 2. The average Bonchev–Trinajstić information content (AvgIpc) is 3.34. The number of ether oxygens (including phenoxy) is 1. The monoisotopic (exact) mass is 428 g/mol. The number of sulfone groups is 1. The minimum Gasteiger partial charge on any atom is -0.477 e. The summed E-state index contributed by atoms with van der Waals surface area (Å²) in [6, 6.07) is 6.76. The number of rotatable bonds is 6. The van der Waals surface area contributed by atoms with Crippen LogP contribution in [0.2, 0.25) is 0 Å². The van der Waals surface area contributed by atoms with Gasteiger partial charge in [-0.15, -0.1) is 0 Å². The minimum absolute atomic E-state index is 0.0249. The van der Waals surface area contributed by atoms with Crippen LogP contribution in [-0.2, 0) is 29.2 Å². The van der Waals surface area contributed by atoms with Crippen LogP contribution in [0.5, 0.6) is 5.88 Å². The molecule has 0 amide bonds. The van der Waals surface area contributed by atoms with Crippen LogP contribution in [0.1, 0.15) is 61.6 Å². The maximum Gasteiger partial charge on any atom is 0.218 e. The third-order valence-corrected chi connectivity index (χ3v) is 8.83. The van der Waals surface area contributed by atoms with Crippen LogP contribution in [0.3, 0.4) is 0 Å². The summed E-state index contributed by atoms with van der Waals surface area (Å²) in [4.78, 5) is 4.93. The van der Waals surface area contributed by atoms with E-state index in [0.29, 0.717) is 18.9 Å². The predicted octanol–water partition coefficient (Wildman–Crippen LogP) is 3.96. The number of hydrogen-bond donors (Lipinski definition) is 1. The topological polar surface area (TPSA) is 68.3 Å². The van der Waals surface area contributed by atoms with E-state index in [4.69, 9.17) is 9.72 Å². The van der Waals surface area contributed by atoms with Crippen molar-refractivity contribution < 1.29 is 13.2 Å². The highest BCUT2D eigenvalue weighted by Crippen LogP contribution is 2.31. The third kappa shape index (κ3) is 4.50. The SMILES string of the molecule is O=S1(=O)CCC(NCc2cc3cc4c(cc3nc2OCC2CCCCC2)CCC4)C1. The molecule has 1 aromatic carbocycles. The molecule has 2 aromatic rings. The van der Waals surface area contributed by atoms with Gasteiger partial charge in [0.15, 0.2) is 9.84 Å². The summed E-state index contributed by atoms with van der Waals surface area (Å²) in [6.07, 6.45) is 10.6. The fourth-order valence-corrected chi connectivity index (χ4v) is 6.99. The molecule has 3 aliphatic rings. The van der Waals surface area contributed by atoms with Crippen molar-refractivity contribution in [1.29, 1.82) is 0 Å². The van der Waals surface area contributed by atoms with Crippen LogP contribution in [0.15, 0.2) is 18.2 Å². The summed E-state index contributed by atoms with van der Waals surface area (Å²) in [7, 11) is -2.89. The van der Waals surface area contributed by atoms with E-state index in [1.807, 2.05) is 0 Å². The van der Waals surface area contributed by atoms with E-state index in [-0.39, 0.29) is 17.5 Å². The van der Waals surface area contributed by atoms with Crippen molar-refractivity contribution in [2.75, 3.05) is 18.1 Å². The Kier molecular flexibility index (Phi) is 5.71. The van der Waals surface area contributed by atoms with Crippen LogP contribution in [-0.4, -0.2) is 37.6 Å². The fourth-order valence-electron chi connectivity index (χ4n) is 5.29. The van der Waals surface area contributed by atoms with Crippen LogP contribution in [0, 0.1) is 5.92 Å². The molecule has 1 aliphatic heterocycles. The molecule has 1 unspecified atom stereocenters. The second-order valence-corrected chi connectivity index (χ2v) is 11.6. The van der Waals surface area contributed by atoms with E-state index in [1.165, 1.54) is 49.7 Å². The number of aromatic nitrogens is 1. The summed E-state index contributed by atoms with van der Waals surface area (Å²) in [5, 5.41) is 4.61. The zero-order valence-corrected chi connectivity index (χ0v) is 18.5. The molecule has 0 radical (unpaired) electrons. The fraction of sp³-hybridized carbons (Fsp3) is 0.625. The first-order valence-corrected chi connectivity index (χ1v) is 13.4. The molecule has 1 saturated carbocycles. The van der Waals surface area contributed by atoms with Crippen molar-refractivity contribution >= 4 is 20.7 Å². The Morgan fingerprint density at radius 1 is 1.00 bits per heavy atom. The van der Waals surface area contributed by atoms with Gasteiger partial charge in [0.25, 0.3) is 0 Å². The molecule has 1 atom stereocenters. The van der Waals surface area contributed by atoms with Gasteiger partial charge in [0.2, 0.25) is 5.88 Å². The largest absolute Gasteiger partial charge is 0.477 e. The summed E-state index contributed by atoms with van der Waals surface area (Å²) in [6.45, 7) is 1.33. The molecule has 1 aromatic heterocycles. The predicted molar refractivity (Wildman–Crippen MR) is 120 cm³/mol. The Morgan fingerprint density at radius 3 is 2.57 bits per heavy atom. The molecule has 162 valence electrons. The first kappa shape index (κ1) is 20.3. The van der Waals surface area contributed by atoms with Crippen LogP contribution < -0.4 is 10.1 Å². The molecule has 2 aliphatic carbocycles. The van der Waals surface area contributed by atoms with Crippen molar-refractivity contribution in [2.24, 2.45) is 5.92 Å². The van der Waals surface area contributed by atoms with Gasteiger partial charge in [-0.2, -0.15) is 0 Å². The van der Waals surface area contributed by atoms with E-state index >= 15 is 0 Å². The highest BCUT2D eigenvalue weighted by Gasteiger charge is 2.27. The highest BCUT2D eigenvalue weighted by molar-refractivity contribution is 7.91. The van der Waals surface area contributed by atoms with E-state index in [9.17, 15) is 8.42 Å². The van der Waals surface area contributed by atoms with Crippen molar-refractivity contribution in [2.45, 2.75) is 70.4 Å². The first-order valence-electron chi connectivity index (χ1n) is 11.6. The number of pyridine rings is 1. The quantitative estimate of drug-likeness (QED) is 0.754. The average molecular weight is 429 g/mol. The summed E-state index contributed by atoms with van der Waals surface area (Å²) in [5.74, 6) is 1.87. The molecule has 6 heteroatoms. The Bertz CT molecular complexity index is 1030. The molecule has 5 nitrogen and oxygen atoms in total. The van der Waals surface area contributed by atoms with Gasteiger partial charge in [0.05, 0.1) is 23.6 Å². The van der Waals surface area contributed by atoms with Gasteiger partial charge in [-0.1, -0.05) is 19.3 Å². The molecule has 2 fully saturated rings. The van der Waals surface area contributed by atoms with Crippen molar-refractivity contribution in [3.63, 3.8) is 0 Å². The van der Waals surface area contributed by atoms with Gasteiger partial charge in [-0.25, -0.2) is 13.4 Å². The summed E-state index contributed by atoms with van der Waals surface area (Å²) >= 11 is 0. The van der Waals surface area contributed by atoms with Crippen LogP contribution in [0.25, 0.3) is 10.9 Å². The molecule has 30 heavy (non-hydrogen) atoms. The van der Waals surface area contributed by atoms with Gasteiger partial charge >= 0.3 is 0 Å². The van der Waals surface area contributed by atoms with Gasteiger partial charge in [-0.05, 0) is 73.8 Å². The molecule has 0 bridgehead atoms. The Labute approximate surface area is 179 Å². The van der Waals surface area contributed by atoms with E-state index in [0.717, 1.165) is 41.8 Å². The highest BCUT2D eigenvalue weighted by atomic mass is 32.2. The minimum atomic E-state index is -2.89.